The average molecular weight is 205 g/mol. The van der Waals surface area contributed by atoms with Crippen molar-refractivity contribution >= 4 is 11.6 Å². The second-order valence-corrected chi connectivity index (χ2v) is 3.87. The standard InChI is InChI=1S/C12H15NO2/c14-7-1-2-9-3-5-11-10(8-9)4-6-12(15)13-11/h3,5,8,14H,1-2,4,6-7H2,(H,13,15). The van der Waals surface area contributed by atoms with E-state index in [4.69, 9.17) is 5.11 Å². The van der Waals surface area contributed by atoms with Gasteiger partial charge in [0, 0.05) is 18.7 Å². The fraction of sp³-hybridized carbons (Fsp3) is 0.417. The molecule has 1 aromatic rings. The molecule has 2 N–H and O–H groups in total. The number of carbonyl (C=O) groups excluding carboxylic acids is 1. The number of hydrogen-bond acceptors (Lipinski definition) is 2. The molecule has 1 heterocycles. The van der Waals surface area contributed by atoms with Crippen molar-refractivity contribution in [3.8, 4) is 0 Å². The summed E-state index contributed by atoms with van der Waals surface area (Å²) in [7, 11) is 0. The van der Waals surface area contributed by atoms with E-state index in [-0.39, 0.29) is 12.5 Å². The number of rotatable bonds is 3. The molecule has 2 rings (SSSR count). The highest BCUT2D eigenvalue weighted by molar-refractivity contribution is 5.93. The van der Waals surface area contributed by atoms with E-state index in [1.54, 1.807) is 0 Å². The second kappa shape index (κ2) is 4.45. The van der Waals surface area contributed by atoms with Gasteiger partial charge in [-0.05, 0) is 36.5 Å². The fourth-order valence-corrected chi connectivity index (χ4v) is 1.88. The number of aliphatic hydroxyl groups is 1. The highest BCUT2D eigenvalue weighted by Gasteiger charge is 2.14. The smallest absolute Gasteiger partial charge is 0.224 e. The summed E-state index contributed by atoms with van der Waals surface area (Å²) in [4.78, 5) is 11.1. The van der Waals surface area contributed by atoms with E-state index in [1.165, 1.54) is 11.1 Å². The number of nitrogens with one attached hydrogen (secondary N) is 1. The van der Waals surface area contributed by atoms with Gasteiger partial charge in [-0.2, -0.15) is 0 Å². The normalized spacial score (nSPS) is 14.6. The number of amides is 1. The van der Waals surface area contributed by atoms with Crippen molar-refractivity contribution in [1.29, 1.82) is 0 Å². The van der Waals surface area contributed by atoms with Crippen LogP contribution in [0, 0.1) is 0 Å². The molecule has 0 aliphatic carbocycles. The first kappa shape index (κ1) is 10.2. The number of aliphatic hydroxyl groups excluding tert-OH is 1. The van der Waals surface area contributed by atoms with Crippen LogP contribution in [0.2, 0.25) is 0 Å². The molecule has 80 valence electrons. The molecule has 1 aliphatic heterocycles. The molecule has 1 amide bonds. The van der Waals surface area contributed by atoms with Crippen LogP contribution in [0.5, 0.6) is 0 Å². The highest BCUT2D eigenvalue weighted by Crippen LogP contribution is 2.23. The summed E-state index contributed by atoms with van der Waals surface area (Å²) in [5.41, 5.74) is 3.39. The molecule has 0 saturated carbocycles. The molecule has 1 aliphatic rings. The Labute approximate surface area is 89.1 Å². The lowest BCUT2D eigenvalue weighted by Gasteiger charge is -2.17. The van der Waals surface area contributed by atoms with Crippen LogP contribution in [0.4, 0.5) is 5.69 Å². The van der Waals surface area contributed by atoms with Crippen LogP contribution in [-0.4, -0.2) is 17.6 Å². The maximum absolute atomic E-state index is 11.1. The van der Waals surface area contributed by atoms with Gasteiger partial charge in [-0.15, -0.1) is 0 Å². The van der Waals surface area contributed by atoms with Gasteiger partial charge in [-0.1, -0.05) is 12.1 Å². The van der Waals surface area contributed by atoms with Gasteiger partial charge in [-0.25, -0.2) is 0 Å². The van der Waals surface area contributed by atoms with Crippen LogP contribution in [-0.2, 0) is 17.6 Å². The molecule has 0 radical (unpaired) electrons. The van der Waals surface area contributed by atoms with E-state index >= 15 is 0 Å². The van der Waals surface area contributed by atoms with Gasteiger partial charge in [0.15, 0.2) is 0 Å². The number of anilines is 1. The molecular formula is C12H15NO2. The Bertz CT molecular complexity index is 374. The van der Waals surface area contributed by atoms with E-state index in [0.717, 1.165) is 24.9 Å². The summed E-state index contributed by atoms with van der Waals surface area (Å²) in [5.74, 6) is 0.102. The third kappa shape index (κ3) is 2.36. The zero-order chi connectivity index (χ0) is 10.7. The molecule has 1 aromatic carbocycles. The first-order valence-corrected chi connectivity index (χ1v) is 5.32. The molecular weight excluding hydrogens is 190 g/mol. The lowest BCUT2D eigenvalue weighted by molar-refractivity contribution is -0.116. The topological polar surface area (TPSA) is 49.3 Å². The number of hydrogen-bond donors (Lipinski definition) is 2. The maximum Gasteiger partial charge on any atom is 0.224 e. The van der Waals surface area contributed by atoms with Crippen molar-refractivity contribution in [1.82, 2.24) is 0 Å². The van der Waals surface area contributed by atoms with E-state index in [9.17, 15) is 4.79 Å². The second-order valence-electron chi connectivity index (χ2n) is 3.87. The van der Waals surface area contributed by atoms with Crippen LogP contribution in [0.25, 0.3) is 0 Å². The highest BCUT2D eigenvalue weighted by atomic mass is 16.2. The molecule has 0 unspecified atom stereocenters. The van der Waals surface area contributed by atoms with Crippen LogP contribution < -0.4 is 5.32 Å². The van der Waals surface area contributed by atoms with Gasteiger partial charge in [0.1, 0.15) is 0 Å². The summed E-state index contributed by atoms with van der Waals surface area (Å²) in [6.45, 7) is 0.230. The van der Waals surface area contributed by atoms with E-state index in [1.807, 2.05) is 12.1 Å². The maximum atomic E-state index is 11.1. The Morgan fingerprint density at radius 3 is 3.00 bits per heavy atom. The number of benzene rings is 1. The molecule has 3 heteroatoms. The van der Waals surface area contributed by atoms with Crippen molar-refractivity contribution < 1.29 is 9.90 Å². The van der Waals surface area contributed by atoms with Gasteiger partial charge in [0.05, 0.1) is 0 Å². The van der Waals surface area contributed by atoms with Crippen LogP contribution in [0.3, 0.4) is 0 Å². The van der Waals surface area contributed by atoms with Gasteiger partial charge < -0.3 is 10.4 Å². The zero-order valence-corrected chi connectivity index (χ0v) is 8.62. The molecule has 0 fully saturated rings. The summed E-state index contributed by atoms with van der Waals surface area (Å²) < 4.78 is 0. The average Bonchev–Trinajstić information content (AvgIpc) is 2.26. The predicted octanol–water partition coefficient (Wildman–Crippen LogP) is 1.50. The molecule has 0 atom stereocenters. The van der Waals surface area contributed by atoms with Crippen molar-refractivity contribution in [2.75, 3.05) is 11.9 Å². The first-order valence-electron chi connectivity index (χ1n) is 5.32. The third-order valence-corrected chi connectivity index (χ3v) is 2.69. The third-order valence-electron chi connectivity index (χ3n) is 2.69. The quantitative estimate of drug-likeness (QED) is 0.785. The molecule has 0 bridgehead atoms. The van der Waals surface area contributed by atoms with Crippen molar-refractivity contribution in [2.45, 2.75) is 25.7 Å². The first-order chi connectivity index (χ1) is 7.29. The Morgan fingerprint density at radius 1 is 1.33 bits per heavy atom. The predicted molar refractivity (Wildman–Crippen MR) is 58.8 cm³/mol. The largest absolute Gasteiger partial charge is 0.396 e. The number of carbonyl (C=O) groups is 1. The molecule has 0 saturated heterocycles. The number of aryl methyl sites for hydroxylation is 2. The van der Waals surface area contributed by atoms with Crippen molar-refractivity contribution in [3.63, 3.8) is 0 Å². The van der Waals surface area contributed by atoms with Crippen LogP contribution >= 0.6 is 0 Å². The minimum atomic E-state index is 0.102. The Morgan fingerprint density at radius 2 is 2.20 bits per heavy atom. The summed E-state index contributed by atoms with van der Waals surface area (Å²) in [6.07, 6.45) is 3.10. The Balaban J connectivity index is 2.15. The molecule has 0 aromatic heterocycles. The molecule has 3 nitrogen and oxygen atoms in total. The van der Waals surface area contributed by atoms with Gasteiger partial charge in [0.2, 0.25) is 5.91 Å². The summed E-state index contributed by atoms with van der Waals surface area (Å²) in [6, 6.07) is 6.10. The van der Waals surface area contributed by atoms with Crippen molar-refractivity contribution in [2.24, 2.45) is 0 Å². The minimum absolute atomic E-state index is 0.102. The fourth-order valence-electron chi connectivity index (χ4n) is 1.88. The Kier molecular flexibility index (Phi) is 3.02. The number of fused-ring (bicyclic) bond motifs is 1. The Hall–Kier alpha value is -1.35. The summed E-state index contributed by atoms with van der Waals surface area (Å²) in [5, 5.41) is 11.6. The zero-order valence-electron chi connectivity index (χ0n) is 8.62. The lowest BCUT2D eigenvalue weighted by Crippen LogP contribution is -2.18. The molecule has 0 spiro atoms. The van der Waals surface area contributed by atoms with E-state index in [2.05, 4.69) is 11.4 Å². The minimum Gasteiger partial charge on any atom is -0.396 e. The molecule has 15 heavy (non-hydrogen) atoms. The lowest BCUT2D eigenvalue weighted by atomic mass is 9.99. The van der Waals surface area contributed by atoms with Gasteiger partial charge in [0.25, 0.3) is 0 Å². The SMILES string of the molecule is O=C1CCc2cc(CCCO)ccc2N1. The van der Waals surface area contributed by atoms with Crippen LogP contribution in [0.15, 0.2) is 18.2 Å². The van der Waals surface area contributed by atoms with E-state index < -0.39 is 0 Å². The van der Waals surface area contributed by atoms with E-state index in [0.29, 0.717) is 6.42 Å². The van der Waals surface area contributed by atoms with Crippen molar-refractivity contribution in [3.05, 3.63) is 29.3 Å². The van der Waals surface area contributed by atoms with Crippen LogP contribution in [0.1, 0.15) is 24.0 Å². The monoisotopic (exact) mass is 205 g/mol. The van der Waals surface area contributed by atoms with Gasteiger partial charge in [-0.3, -0.25) is 4.79 Å². The summed E-state index contributed by atoms with van der Waals surface area (Å²) >= 11 is 0. The van der Waals surface area contributed by atoms with Gasteiger partial charge >= 0.3 is 0 Å².